The highest BCUT2D eigenvalue weighted by Crippen LogP contribution is 2.17. The molecule has 2 aromatic heterocycles. The molecule has 2 heterocycles. The number of aryl methyl sites for hydroxylation is 2. The number of hydrogen-bond donors (Lipinski definition) is 1. The fraction of sp³-hybridized carbons (Fsp3) is 0.364. The van der Waals surface area contributed by atoms with Crippen molar-refractivity contribution in [1.29, 1.82) is 0 Å². The van der Waals surface area contributed by atoms with Crippen LogP contribution in [0.25, 0.3) is 0 Å². The molecule has 1 atom stereocenters. The van der Waals surface area contributed by atoms with Crippen LogP contribution in [0.1, 0.15) is 34.2 Å². The van der Waals surface area contributed by atoms with Crippen molar-refractivity contribution in [3.63, 3.8) is 0 Å². The van der Waals surface area contributed by atoms with Crippen LogP contribution in [0.15, 0.2) is 53.3 Å². The molecule has 1 N–H and O–H groups in total. The predicted molar refractivity (Wildman–Crippen MR) is 111 cm³/mol. The number of hydrogen-bond acceptors (Lipinski definition) is 5. The third-order valence-electron chi connectivity index (χ3n) is 4.51. The van der Waals surface area contributed by atoms with Gasteiger partial charge in [0.15, 0.2) is 0 Å². The largest absolute Gasteiger partial charge is 0.489 e. The first-order valence-corrected chi connectivity index (χ1v) is 9.65. The summed E-state index contributed by atoms with van der Waals surface area (Å²) in [7, 11) is 3.83. The lowest BCUT2D eigenvalue weighted by molar-refractivity contribution is 0.0922. The maximum Gasteiger partial charge on any atom is 0.269 e. The van der Waals surface area contributed by atoms with Gasteiger partial charge in [-0.3, -0.25) is 14.4 Å². The van der Waals surface area contributed by atoms with Crippen LogP contribution in [0.3, 0.4) is 0 Å². The van der Waals surface area contributed by atoms with Crippen LogP contribution in [0.4, 0.5) is 0 Å². The molecule has 1 aromatic carbocycles. The topological polar surface area (TPSA) is 72.5 Å². The fourth-order valence-corrected chi connectivity index (χ4v) is 3.20. The van der Waals surface area contributed by atoms with Crippen LogP contribution in [0, 0.1) is 6.92 Å². The molecule has 3 aromatic rings. The number of furan rings is 1. The van der Waals surface area contributed by atoms with Crippen molar-refractivity contribution in [2.24, 2.45) is 7.05 Å². The average Bonchev–Trinajstić information content (AvgIpc) is 3.29. The van der Waals surface area contributed by atoms with E-state index in [0.29, 0.717) is 12.2 Å². The average molecular weight is 396 g/mol. The summed E-state index contributed by atoms with van der Waals surface area (Å²) >= 11 is 0. The van der Waals surface area contributed by atoms with Crippen molar-refractivity contribution >= 4 is 5.91 Å². The van der Waals surface area contributed by atoms with Gasteiger partial charge in [0.2, 0.25) is 0 Å². The molecule has 0 aliphatic carbocycles. The molecule has 0 aliphatic heterocycles. The number of benzene rings is 1. The van der Waals surface area contributed by atoms with E-state index < -0.39 is 0 Å². The van der Waals surface area contributed by atoms with Gasteiger partial charge < -0.3 is 14.5 Å². The summed E-state index contributed by atoms with van der Waals surface area (Å²) in [5.41, 5.74) is 3.66. The number of ether oxygens (including phenoxy) is 1. The number of nitrogens with one attached hydrogen (secondary N) is 1. The van der Waals surface area contributed by atoms with E-state index >= 15 is 0 Å². The van der Waals surface area contributed by atoms with E-state index in [2.05, 4.69) is 28.4 Å². The van der Waals surface area contributed by atoms with Crippen molar-refractivity contribution in [1.82, 2.24) is 20.0 Å². The second kappa shape index (κ2) is 9.43. The third kappa shape index (κ3) is 5.96. The Morgan fingerprint density at radius 1 is 1.28 bits per heavy atom. The van der Waals surface area contributed by atoms with Gasteiger partial charge in [0.05, 0.1) is 24.8 Å². The minimum Gasteiger partial charge on any atom is -0.489 e. The van der Waals surface area contributed by atoms with Gasteiger partial charge in [0.25, 0.3) is 5.91 Å². The molecule has 1 unspecified atom stereocenters. The molecule has 7 nitrogen and oxygen atoms in total. The summed E-state index contributed by atoms with van der Waals surface area (Å²) in [6.07, 6.45) is 3.29. The first-order valence-electron chi connectivity index (χ1n) is 9.65. The smallest absolute Gasteiger partial charge is 0.269 e. The van der Waals surface area contributed by atoms with Crippen molar-refractivity contribution in [2.75, 3.05) is 13.6 Å². The number of amides is 1. The molecule has 0 radical (unpaired) electrons. The van der Waals surface area contributed by atoms with Crippen LogP contribution in [-0.4, -0.2) is 40.3 Å². The molecule has 29 heavy (non-hydrogen) atoms. The van der Waals surface area contributed by atoms with Crippen LogP contribution >= 0.6 is 0 Å². The number of carbonyl (C=O) groups excluding carboxylic acids is 1. The van der Waals surface area contributed by atoms with E-state index in [-0.39, 0.29) is 12.0 Å². The van der Waals surface area contributed by atoms with Crippen molar-refractivity contribution in [3.8, 4) is 5.75 Å². The first-order chi connectivity index (χ1) is 13.9. The Hall–Kier alpha value is -3.06. The third-order valence-corrected chi connectivity index (χ3v) is 4.51. The Morgan fingerprint density at radius 2 is 2.07 bits per heavy atom. The number of nitrogens with zero attached hydrogens (tertiary/aromatic N) is 3. The van der Waals surface area contributed by atoms with Gasteiger partial charge in [-0.1, -0.05) is 12.1 Å². The lowest BCUT2D eigenvalue weighted by Gasteiger charge is -2.18. The van der Waals surface area contributed by atoms with E-state index in [1.54, 1.807) is 30.3 Å². The molecule has 0 saturated heterocycles. The zero-order valence-corrected chi connectivity index (χ0v) is 17.4. The molecule has 0 spiro atoms. The molecular weight excluding hydrogens is 368 g/mol. The lowest BCUT2D eigenvalue weighted by atomic mass is 10.2. The Kier molecular flexibility index (Phi) is 6.72. The van der Waals surface area contributed by atoms with E-state index in [9.17, 15) is 4.79 Å². The highest BCUT2D eigenvalue weighted by atomic mass is 16.5. The van der Waals surface area contributed by atoms with E-state index in [4.69, 9.17) is 9.15 Å². The van der Waals surface area contributed by atoms with Crippen LogP contribution in [-0.2, 0) is 20.1 Å². The Labute approximate surface area is 171 Å². The quantitative estimate of drug-likeness (QED) is 0.602. The number of carbonyl (C=O) groups is 1. The van der Waals surface area contributed by atoms with E-state index in [1.165, 1.54) is 0 Å². The summed E-state index contributed by atoms with van der Waals surface area (Å²) < 4.78 is 12.7. The van der Waals surface area contributed by atoms with E-state index in [0.717, 1.165) is 35.7 Å². The molecule has 3 rings (SSSR count). The number of aromatic nitrogens is 2. The molecule has 0 bridgehead atoms. The van der Waals surface area contributed by atoms with Gasteiger partial charge in [-0.25, -0.2) is 0 Å². The van der Waals surface area contributed by atoms with Crippen LogP contribution < -0.4 is 10.1 Å². The molecular formula is C22H28N4O3. The minimum absolute atomic E-state index is 0.154. The van der Waals surface area contributed by atoms with Gasteiger partial charge in [-0.05, 0) is 50.7 Å². The molecule has 7 heteroatoms. The maximum atomic E-state index is 12.3. The monoisotopic (exact) mass is 396 g/mol. The first kappa shape index (κ1) is 20.7. The van der Waals surface area contributed by atoms with Crippen molar-refractivity contribution < 1.29 is 13.9 Å². The summed E-state index contributed by atoms with van der Waals surface area (Å²) in [6.45, 7) is 5.83. The standard InChI is InChI=1S/C22H28N4O3/c1-16-10-21(26(4)24-16)22(27)23-12-17(2)29-20-7-5-6-18(11-20)13-25(3)14-19-8-9-28-15-19/h5-11,15,17H,12-14H2,1-4H3,(H,23,27). The van der Waals surface area contributed by atoms with Gasteiger partial charge in [0, 0.05) is 25.7 Å². The Balaban J connectivity index is 1.50. The Bertz CT molecular complexity index is 933. The molecule has 0 aliphatic rings. The molecule has 0 fully saturated rings. The molecule has 1 amide bonds. The van der Waals surface area contributed by atoms with Gasteiger partial charge >= 0.3 is 0 Å². The zero-order chi connectivity index (χ0) is 20.8. The summed E-state index contributed by atoms with van der Waals surface area (Å²) in [5, 5.41) is 7.10. The van der Waals surface area contributed by atoms with Crippen molar-refractivity contribution in [3.05, 3.63) is 71.4 Å². The van der Waals surface area contributed by atoms with Gasteiger partial charge in [-0.2, -0.15) is 5.10 Å². The normalized spacial score (nSPS) is 12.2. The molecule has 0 saturated carbocycles. The Morgan fingerprint density at radius 3 is 2.76 bits per heavy atom. The van der Waals surface area contributed by atoms with Crippen LogP contribution in [0.2, 0.25) is 0 Å². The van der Waals surface area contributed by atoms with Gasteiger partial charge in [-0.15, -0.1) is 0 Å². The van der Waals surface area contributed by atoms with Gasteiger partial charge in [0.1, 0.15) is 17.5 Å². The van der Waals surface area contributed by atoms with Crippen molar-refractivity contribution in [2.45, 2.75) is 33.0 Å². The zero-order valence-electron chi connectivity index (χ0n) is 17.4. The second-order valence-corrected chi connectivity index (χ2v) is 7.38. The second-order valence-electron chi connectivity index (χ2n) is 7.38. The fourth-order valence-electron chi connectivity index (χ4n) is 3.20. The highest BCUT2D eigenvalue weighted by Gasteiger charge is 2.13. The summed E-state index contributed by atoms with van der Waals surface area (Å²) in [4.78, 5) is 14.5. The SMILES string of the molecule is Cc1cc(C(=O)NCC(C)Oc2cccc(CN(C)Cc3ccoc3)c2)n(C)n1. The van der Waals surface area contributed by atoms with Crippen LogP contribution in [0.5, 0.6) is 5.75 Å². The minimum atomic E-state index is -0.160. The number of rotatable bonds is 9. The predicted octanol–water partition coefficient (Wildman–Crippen LogP) is 3.15. The summed E-state index contributed by atoms with van der Waals surface area (Å²) in [6, 6.07) is 11.8. The van der Waals surface area contributed by atoms with E-state index in [1.807, 2.05) is 38.1 Å². The molecule has 154 valence electrons. The highest BCUT2D eigenvalue weighted by molar-refractivity contribution is 5.92. The maximum absolute atomic E-state index is 12.3. The lowest BCUT2D eigenvalue weighted by Crippen LogP contribution is -2.34. The summed E-state index contributed by atoms with van der Waals surface area (Å²) in [5.74, 6) is 0.635.